The fraction of sp³-hybridized carbons (Fsp3) is 0. The normalized spacial score (nSPS) is 10.4. The van der Waals surface area contributed by atoms with Crippen LogP contribution in [0.25, 0.3) is 0 Å². The Bertz CT molecular complexity index is 788. The Kier molecular flexibility index (Phi) is 5.33. The summed E-state index contributed by atoms with van der Waals surface area (Å²) in [6, 6.07) is 9.10. The van der Waals surface area contributed by atoms with E-state index in [2.05, 4.69) is 15.8 Å². The van der Waals surface area contributed by atoms with Crippen LogP contribution >= 0.6 is 23.6 Å². The number of hydrogen-bond donors (Lipinski definition) is 3. The summed E-state index contributed by atoms with van der Waals surface area (Å²) < 4.78 is 0. The SMILES string of the molecule is O=C(O)c1cccc(NC(=S)N/N=C/c2ccc([N+](=O)[O-])s2)c1. The predicted molar refractivity (Wildman–Crippen MR) is 91.3 cm³/mol. The molecular formula is C13H10N4O4S2. The zero-order valence-corrected chi connectivity index (χ0v) is 13.1. The first-order valence-electron chi connectivity index (χ1n) is 6.13. The van der Waals surface area contributed by atoms with Gasteiger partial charge in [-0.3, -0.25) is 15.5 Å². The molecule has 0 fully saturated rings. The molecule has 0 unspecified atom stereocenters. The average Bonchev–Trinajstić information content (AvgIpc) is 2.96. The first kappa shape index (κ1) is 16.5. The summed E-state index contributed by atoms with van der Waals surface area (Å²) in [6.07, 6.45) is 1.40. The van der Waals surface area contributed by atoms with Gasteiger partial charge in [0.15, 0.2) is 5.11 Å². The lowest BCUT2D eigenvalue weighted by Gasteiger charge is -2.07. The number of aromatic carboxylic acids is 1. The zero-order chi connectivity index (χ0) is 16.8. The fourth-order valence-corrected chi connectivity index (χ4v) is 2.42. The number of hydrazone groups is 1. The van der Waals surface area contributed by atoms with Gasteiger partial charge in [-0.05, 0) is 36.5 Å². The number of carboxylic acid groups (broad SMARTS) is 1. The smallest absolute Gasteiger partial charge is 0.335 e. The Hall–Kier alpha value is -2.85. The number of thiophene rings is 1. The molecule has 1 aromatic heterocycles. The van der Waals surface area contributed by atoms with Crippen LogP contribution < -0.4 is 10.7 Å². The van der Waals surface area contributed by atoms with E-state index in [-0.39, 0.29) is 15.7 Å². The number of hydrogen-bond acceptors (Lipinski definition) is 6. The van der Waals surface area contributed by atoms with Crippen molar-refractivity contribution in [3.63, 3.8) is 0 Å². The second kappa shape index (κ2) is 7.42. The number of anilines is 1. The van der Waals surface area contributed by atoms with Gasteiger partial charge in [-0.1, -0.05) is 17.4 Å². The molecule has 2 aromatic rings. The summed E-state index contributed by atoms with van der Waals surface area (Å²) in [5, 5.41) is 26.3. The van der Waals surface area contributed by atoms with Gasteiger partial charge >= 0.3 is 11.0 Å². The number of carboxylic acids is 1. The highest BCUT2D eigenvalue weighted by molar-refractivity contribution is 7.80. The van der Waals surface area contributed by atoms with Gasteiger partial charge in [0.25, 0.3) is 0 Å². The van der Waals surface area contributed by atoms with E-state index in [0.717, 1.165) is 11.3 Å². The van der Waals surface area contributed by atoms with Gasteiger partial charge in [-0.2, -0.15) is 5.10 Å². The van der Waals surface area contributed by atoms with Gasteiger partial charge < -0.3 is 10.4 Å². The van der Waals surface area contributed by atoms with Crippen LogP contribution in [0.3, 0.4) is 0 Å². The molecular weight excluding hydrogens is 340 g/mol. The Morgan fingerprint density at radius 1 is 1.39 bits per heavy atom. The van der Waals surface area contributed by atoms with Gasteiger partial charge in [-0.15, -0.1) is 0 Å². The van der Waals surface area contributed by atoms with E-state index in [0.29, 0.717) is 10.6 Å². The average molecular weight is 350 g/mol. The largest absolute Gasteiger partial charge is 0.478 e. The molecule has 10 heteroatoms. The summed E-state index contributed by atoms with van der Waals surface area (Å²) in [7, 11) is 0. The van der Waals surface area contributed by atoms with Crippen LogP contribution in [-0.4, -0.2) is 27.3 Å². The van der Waals surface area contributed by atoms with Crippen molar-refractivity contribution in [3.8, 4) is 0 Å². The Labute approximate surface area is 139 Å². The molecule has 0 aliphatic rings. The summed E-state index contributed by atoms with van der Waals surface area (Å²) in [5.41, 5.74) is 3.18. The van der Waals surface area contributed by atoms with E-state index in [1.54, 1.807) is 18.2 Å². The standard InChI is InChI=1S/C13H10N4O4S2/c18-12(19)8-2-1-3-9(6-8)15-13(22)16-14-7-10-4-5-11(23-10)17(20)21/h1-7H,(H,18,19)(H2,15,16,22)/b14-7+. The first-order valence-corrected chi connectivity index (χ1v) is 7.36. The van der Waals surface area contributed by atoms with Crippen molar-refractivity contribution in [3.05, 3.63) is 57.0 Å². The maximum atomic E-state index is 10.9. The second-order valence-electron chi connectivity index (χ2n) is 4.14. The number of nitrogens with zero attached hydrogens (tertiary/aromatic N) is 2. The maximum absolute atomic E-state index is 10.9. The van der Waals surface area contributed by atoms with E-state index in [1.165, 1.54) is 24.4 Å². The lowest BCUT2D eigenvalue weighted by atomic mass is 10.2. The quantitative estimate of drug-likeness (QED) is 0.328. The van der Waals surface area contributed by atoms with Crippen LogP contribution in [0.2, 0.25) is 0 Å². The van der Waals surface area contributed by atoms with Gasteiger partial charge in [0.05, 0.1) is 21.6 Å². The van der Waals surface area contributed by atoms with E-state index in [4.69, 9.17) is 17.3 Å². The number of thiocarbonyl (C=S) groups is 1. The van der Waals surface area contributed by atoms with Crippen molar-refractivity contribution in [2.75, 3.05) is 5.32 Å². The van der Waals surface area contributed by atoms with Gasteiger partial charge in [0, 0.05) is 11.8 Å². The summed E-state index contributed by atoms with van der Waals surface area (Å²) in [6.45, 7) is 0. The van der Waals surface area contributed by atoms with Crippen LogP contribution in [0.4, 0.5) is 10.7 Å². The van der Waals surface area contributed by atoms with Gasteiger partial charge in [0.2, 0.25) is 0 Å². The molecule has 0 amide bonds. The van der Waals surface area contributed by atoms with Crippen LogP contribution in [0.1, 0.15) is 15.2 Å². The number of benzene rings is 1. The van der Waals surface area contributed by atoms with Crippen molar-refractivity contribution in [2.24, 2.45) is 5.10 Å². The second-order valence-corrected chi connectivity index (χ2v) is 5.65. The van der Waals surface area contributed by atoms with Gasteiger partial charge in [-0.25, -0.2) is 4.79 Å². The van der Waals surface area contributed by atoms with E-state index < -0.39 is 10.9 Å². The Morgan fingerprint density at radius 3 is 2.83 bits per heavy atom. The maximum Gasteiger partial charge on any atom is 0.335 e. The molecule has 2 rings (SSSR count). The highest BCUT2D eigenvalue weighted by Gasteiger charge is 2.08. The monoisotopic (exact) mass is 350 g/mol. The molecule has 0 spiro atoms. The summed E-state index contributed by atoms with van der Waals surface area (Å²) in [5.74, 6) is -1.04. The third kappa shape index (κ3) is 4.83. The number of nitrogens with one attached hydrogen (secondary N) is 2. The Morgan fingerprint density at radius 2 is 2.17 bits per heavy atom. The molecule has 23 heavy (non-hydrogen) atoms. The molecule has 0 saturated heterocycles. The third-order valence-electron chi connectivity index (χ3n) is 2.52. The van der Waals surface area contributed by atoms with Crippen LogP contribution in [0.5, 0.6) is 0 Å². The highest BCUT2D eigenvalue weighted by Crippen LogP contribution is 2.22. The minimum atomic E-state index is -1.04. The molecule has 1 aromatic carbocycles. The van der Waals surface area contributed by atoms with Crippen LogP contribution in [0.15, 0.2) is 41.5 Å². The highest BCUT2D eigenvalue weighted by atomic mass is 32.1. The van der Waals surface area contributed by atoms with E-state index >= 15 is 0 Å². The van der Waals surface area contributed by atoms with Crippen molar-refractivity contribution in [2.45, 2.75) is 0 Å². The predicted octanol–water partition coefficient (Wildman–Crippen LogP) is 2.68. The summed E-state index contributed by atoms with van der Waals surface area (Å²) >= 11 is 6.00. The van der Waals surface area contributed by atoms with Crippen molar-refractivity contribution < 1.29 is 14.8 Å². The molecule has 0 atom stereocenters. The number of rotatable bonds is 5. The molecule has 0 aliphatic carbocycles. The van der Waals surface area contributed by atoms with Crippen LogP contribution in [-0.2, 0) is 0 Å². The van der Waals surface area contributed by atoms with E-state index in [9.17, 15) is 14.9 Å². The Balaban J connectivity index is 1.91. The molecule has 3 N–H and O–H groups in total. The molecule has 0 bridgehead atoms. The number of carbonyl (C=O) groups is 1. The summed E-state index contributed by atoms with van der Waals surface area (Å²) in [4.78, 5) is 21.6. The molecule has 118 valence electrons. The lowest BCUT2D eigenvalue weighted by molar-refractivity contribution is -0.380. The molecule has 0 radical (unpaired) electrons. The van der Waals surface area contributed by atoms with Crippen molar-refractivity contribution in [1.82, 2.24) is 5.43 Å². The molecule has 0 aliphatic heterocycles. The molecule has 1 heterocycles. The first-order chi connectivity index (χ1) is 11.0. The molecule has 0 saturated carbocycles. The van der Waals surface area contributed by atoms with Crippen LogP contribution in [0, 0.1) is 10.1 Å². The third-order valence-corrected chi connectivity index (χ3v) is 3.68. The molecule has 8 nitrogen and oxygen atoms in total. The fourth-order valence-electron chi connectivity index (χ4n) is 1.55. The minimum Gasteiger partial charge on any atom is -0.478 e. The topological polar surface area (TPSA) is 117 Å². The number of nitro groups is 1. The minimum absolute atomic E-state index is 0.0256. The van der Waals surface area contributed by atoms with E-state index in [1.807, 2.05) is 0 Å². The van der Waals surface area contributed by atoms with Crippen molar-refractivity contribution in [1.29, 1.82) is 0 Å². The zero-order valence-electron chi connectivity index (χ0n) is 11.4. The van der Waals surface area contributed by atoms with Crippen molar-refractivity contribution >= 4 is 51.5 Å². The lowest BCUT2D eigenvalue weighted by Crippen LogP contribution is -2.23. The van der Waals surface area contributed by atoms with Gasteiger partial charge in [0.1, 0.15) is 0 Å².